The number of aromatic nitrogens is 1. The summed E-state index contributed by atoms with van der Waals surface area (Å²) in [6, 6.07) is 20.2. The van der Waals surface area contributed by atoms with E-state index in [1.807, 2.05) is 41.3 Å². The first kappa shape index (κ1) is 22.2. The molecule has 0 radical (unpaired) electrons. The van der Waals surface area contributed by atoms with Gasteiger partial charge in [-0.05, 0) is 66.8 Å². The Labute approximate surface area is 185 Å². The van der Waals surface area contributed by atoms with Crippen molar-refractivity contribution in [2.24, 2.45) is 0 Å². The van der Waals surface area contributed by atoms with Gasteiger partial charge in [-0.25, -0.2) is 0 Å². The summed E-state index contributed by atoms with van der Waals surface area (Å²) in [5.41, 5.74) is 4.33. The number of carbonyl (C=O) groups is 1. The summed E-state index contributed by atoms with van der Waals surface area (Å²) < 4.78 is 2.19. The van der Waals surface area contributed by atoms with Crippen LogP contribution < -0.4 is 0 Å². The Morgan fingerprint density at radius 1 is 0.967 bits per heavy atom. The van der Waals surface area contributed by atoms with Crippen molar-refractivity contribution in [3.05, 3.63) is 94.3 Å². The van der Waals surface area contributed by atoms with E-state index in [2.05, 4.69) is 48.9 Å². The maximum atomic E-state index is 13.2. The van der Waals surface area contributed by atoms with E-state index in [0.29, 0.717) is 6.54 Å². The van der Waals surface area contributed by atoms with Gasteiger partial charge >= 0.3 is 0 Å². The molecule has 30 heavy (non-hydrogen) atoms. The molecule has 0 fully saturated rings. The minimum Gasteiger partial charge on any atom is -0.345 e. The van der Waals surface area contributed by atoms with Gasteiger partial charge in [0.25, 0.3) is 5.91 Å². The summed E-state index contributed by atoms with van der Waals surface area (Å²) in [5, 5.41) is 0.742. The van der Waals surface area contributed by atoms with Gasteiger partial charge < -0.3 is 9.47 Å². The van der Waals surface area contributed by atoms with Gasteiger partial charge in [-0.3, -0.25) is 4.79 Å². The molecule has 0 spiro atoms. The van der Waals surface area contributed by atoms with Crippen molar-refractivity contribution in [3.63, 3.8) is 0 Å². The number of nitrogens with zero attached hydrogens (tertiary/aromatic N) is 2. The Balaban J connectivity index is 1.73. The Morgan fingerprint density at radius 2 is 1.77 bits per heavy atom. The summed E-state index contributed by atoms with van der Waals surface area (Å²) in [5.74, 6) is 0.0920. The second-order valence-electron chi connectivity index (χ2n) is 7.78. The second-order valence-corrected chi connectivity index (χ2v) is 8.22. The summed E-state index contributed by atoms with van der Waals surface area (Å²) in [7, 11) is 0. The highest BCUT2D eigenvalue weighted by Gasteiger charge is 2.17. The molecule has 1 aromatic heterocycles. The maximum absolute atomic E-state index is 13.2. The van der Waals surface area contributed by atoms with Gasteiger partial charge in [0.1, 0.15) is 0 Å². The molecule has 3 aromatic rings. The molecule has 0 saturated heterocycles. The molecule has 1 amide bonds. The molecule has 2 aromatic carbocycles. The number of amides is 1. The average Bonchev–Trinajstić information content (AvgIpc) is 3.18. The van der Waals surface area contributed by atoms with E-state index in [4.69, 9.17) is 11.6 Å². The molecule has 0 atom stereocenters. The Bertz CT molecular complexity index is 946. The Morgan fingerprint density at radius 3 is 2.47 bits per heavy atom. The summed E-state index contributed by atoms with van der Waals surface area (Å²) in [6.07, 6.45) is 6.42. The van der Waals surface area contributed by atoms with Crippen molar-refractivity contribution >= 4 is 17.5 Å². The molecule has 0 aliphatic rings. The average molecular weight is 423 g/mol. The maximum Gasteiger partial charge on any atom is 0.254 e. The minimum atomic E-state index is 0.0920. The van der Waals surface area contributed by atoms with Crippen LogP contribution in [0.15, 0.2) is 66.9 Å². The van der Waals surface area contributed by atoms with Crippen LogP contribution in [0.5, 0.6) is 0 Å². The third-order valence-electron chi connectivity index (χ3n) is 5.32. The van der Waals surface area contributed by atoms with Gasteiger partial charge in [0.05, 0.1) is 6.54 Å². The van der Waals surface area contributed by atoms with Crippen LogP contribution in [0.2, 0.25) is 5.02 Å². The van der Waals surface area contributed by atoms with Gasteiger partial charge in [0.15, 0.2) is 0 Å². The highest BCUT2D eigenvalue weighted by atomic mass is 35.5. The van der Waals surface area contributed by atoms with Crippen LogP contribution in [0.25, 0.3) is 0 Å². The van der Waals surface area contributed by atoms with Crippen molar-refractivity contribution < 1.29 is 4.79 Å². The van der Waals surface area contributed by atoms with Crippen molar-refractivity contribution in [2.45, 2.75) is 52.6 Å². The SMILES string of the molecule is CCCCc1ccc(C(=O)N(CCC)Cc2cccn2Cc2cccc(Cl)c2)cc1. The van der Waals surface area contributed by atoms with Crippen LogP contribution in [-0.2, 0) is 19.5 Å². The number of carbonyl (C=O) groups excluding carboxylic acids is 1. The monoisotopic (exact) mass is 422 g/mol. The number of aryl methyl sites for hydroxylation is 1. The first-order chi connectivity index (χ1) is 14.6. The zero-order valence-corrected chi connectivity index (χ0v) is 18.7. The van der Waals surface area contributed by atoms with Gasteiger partial charge in [0.2, 0.25) is 0 Å². The fraction of sp³-hybridized carbons (Fsp3) is 0.346. The smallest absolute Gasteiger partial charge is 0.254 e. The van der Waals surface area contributed by atoms with Crippen molar-refractivity contribution in [1.82, 2.24) is 9.47 Å². The highest BCUT2D eigenvalue weighted by Crippen LogP contribution is 2.17. The van der Waals surface area contributed by atoms with Gasteiger partial charge in [-0.1, -0.05) is 56.1 Å². The topological polar surface area (TPSA) is 25.2 Å². The lowest BCUT2D eigenvalue weighted by Gasteiger charge is -2.23. The second kappa shape index (κ2) is 11.0. The number of rotatable bonds is 10. The van der Waals surface area contributed by atoms with Crippen LogP contribution in [0.1, 0.15) is 60.3 Å². The fourth-order valence-corrected chi connectivity index (χ4v) is 3.89. The minimum absolute atomic E-state index is 0.0920. The molecule has 0 N–H and O–H groups in total. The van der Waals surface area contributed by atoms with Crippen LogP contribution in [0, 0.1) is 0 Å². The number of hydrogen-bond acceptors (Lipinski definition) is 1. The summed E-state index contributed by atoms with van der Waals surface area (Å²) in [4.78, 5) is 15.1. The molecule has 0 aliphatic carbocycles. The van der Waals surface area contributed by atoms with Gasteiger partial charge in [0, 0.05) is 35.6 Å². The molecule has 0 aliphatic heterocycles. The first-order valence-corrected chi connectivity index (χ1v) is 11.2. The van der Waals surface area contributed by atoms with Crippen molar-refractivity contribution in [3.8, 4) is 0 Å². The largest absolute Gasteiger partial charge is 0.345 e. The molecular formula is C26H31ClN2O. The lowest BCUT2D eigenvalue weighted by Crippen LogP contribution is -2.32. The van der Waals surface area contributed by atoms with Crippen LogP contribution in [-0.4, -0.2) is 21.9 Å². The van der Waals surface area contributed by atoms with E-state index in [9.17, 15) is 4.79 Å². The molecule has 158 valence electrons. The Hall–Kier alpha value is -2.52. The van der Waals surface area contributed by atoms with Crippen LogP contribution in [0.3, 0.4) is 0 Å². The summed E-state index contributed by atoms with van der Waals surface area (Å²) >= 11 is 6.14. The lowest BCUT2D eigenvalue weighted by molar-refractivity contribution is 0.0739. The molecular weight excluding hydrogens is 392 g/mol. The van der Waals surface area contributed by atoms with E-state index < -0.39 is 0 Å². The van der Waals surface area contributed by atoms with Crippen molar-refractivity contribution in [1.29, 1.82) is 0 Å². The molecule has 0 saturated carbocycles. The van der Waals surface area contributed by atoms with E-state index in [-0.39, 0.29) is 5.91 Å². The molecule has 4 heteroatoms. The van der Waals surface area contributed by atoms with Crippen LogP contribution >= 0.6 is 11.6 Å². The zero-order chi connectivity index (χ0) is 21.3. The van der Waals surface area contributed by atoms with Crippen LogP contribution in [0.4, 0.5) is 0 Å². The predicted molar refractivity (Wildman–Crippen MR) is 125 cm³/mol. The number of halogens is 1. The molecule has 3 rings (SSSR count). The van der Waals surface area contributed by atoms with E-state index in [0.717, 1.165) is 47.8 Å². The standard InChI is InChI=1S/C26H31ClN2O/c1-3-5-8-21-12-14-23(15-13-21)26(30)29(16-4-2)20-25-11-7-17-28(25)19-22-9-6-10-24(27)18-22/h6-7,9-15,17-18H,3-5,8,16,19-20H2,1-2H3. The first-order valence-electron chi connectivity index (χ1n) is 10.9. The number of hydrogen-bond donors (Lipinski definition) is 0. The summed E-state index contributed by atoms with van der Waals surface area (Å²) in [6.45, 7) is 6.38. The quantitative estimate of drug-likeness (QED) is 0.362. The lowest BCUT2D eigenvalue weighted by atomic mass is 10.1. The van der Waals surface area contributed by atoms with Gasteiger partial charge in [-0.15, -0.1) is 0 Å². The zero-order valence-electron chi connectivity index (χ0n) is 18.0. The van der Waals surface area contributed by atoms with Gasteiger partial charge in [-0.2, -0.15) is 0 Å². The fourth-order valence-electron chi connectivity index (χ4n) is 3.67. The highest BCUT2D eigenvalue weighted by molar-refractivity contribution is 6.30. The normalized spacial score (nSPS) is 10.9. The predicted octanol–water partition coefficient (Wildman–Crippen LogP) is 6.58. The third kappa shape index (κ3) is 5.99. The van der Waals surface area contributed by atoms with Crippen molar-refractivity contribution in [2.75, 3.05) is 6.54 Å². The van der Waals surface area contributed by atoms with E-state index >= 15 is 0 Å². The van der Waals surface area contributed by atoms with E-state index in [1.165, 1.54) is 18.4 Å². The third-order valence-corrected chi connectivity index (χ3v) is 5.55. The van der Waals surface area contributed by atoms with E-state index in [1.54, 1.807) is 0 Å². The molecule has 3 nitrogen and oxygen atoms in total. The molecule has 0 unspecified atom stereocenters. The Kier molecular flexibility index (Phi) is 8.15. The molecule has 0 bridgehead atoms. The number of benzene rings is 2. The molecule has 1 heterocycles. The number of unbranched alkanes of at least 4 members (excludes halogenated alkanes) is 1.